The Morgan fingerprint density at radius 3 is 2.75 bits per heavy atom. The molecule has 0 aromatic carbocycles. The fraction of sp³-hybridized carbons (Fsp3) is 0.667. The lowest BCUT2D eigenvalue weighted by atomic mass is 9.46. The molecule has 1 amide bonds. The molecular formula is C21H27BrN6O4. The molecular weight excluding hydrogens is 480 g/mol. The topological polar surface area (TPSA) is 117 Å². The van der Waals surface area contributed by atoms with Gasteiger partial charge in [-0.25, -0.2) is 4.68 Å². The maximum Gasteiger partial charge on any atom is 0.404 e. The number of nitrogens with zero attached hydrogens (tertiary/aromatic N) is 5. The van der Waals surface area contributed by atoms with Crippen LogP contribution in [0.1, 0.15) is 51.9 Å². The summed E-state index contributed by atoms with van der Waals surface area (Å²) in [7, 11) is 0. The number of carbonyl (C=O) groups is 1. The van der Waals surface area contributed by atoms with Crippen molar-refractivity contribution in [2.45, 2.75) is 64.1 Å². The number of rotatable bonds is 8. The molecule has 2 atom stereocenters. The first kappa shape index (κ1) is 21.6. The van der Waals surface area contributed by atoms with Crippen molar-refractivity contribution < 1.29 is 14.5 Å². The lowest BCUT2D eigenvalue weighted by Gasteiger charge is -2.61. The van der Waals surface area contributed by atoms with Gasteiger partial charge in [-0.3, -0.25) is 4.79 Å². The van der Waals surface area contributed by atoms with Gasteiger partial charge >= 0.3 is 5.82 Å². The van der Waals surface area contributed by atoms with E-state index in [0.29, 0.717) is 41.8 Å². The first-order valence-corrected chi connectivity index (χ1v) is 11.9. The number of aromatic nitrogens is 4. The first-order valence-electron chi connectivity index (χ1n) is 11.1. The molecule has 0 saturated heterocycles. The number of nitrogens with one attached hydrogen (secondary N) is 1. The van der Waals surface area contributed by atoms with Gasteiger partial charge in [0.05, 0.1) is 34.9 Å². The van der Waals surface area contributed by atoms with Crippen molar-refractivity contribution in [2.75, 3.05) is 11.9 Å². The third-order valence-electron chi connectivity index (χ3n) is 7.34. The molecule has 2 unspecified atom stereocenters. The van der Waals surface area contributed by atoms with Crippen LogP contribution in [0.25, 0.3) is 0 Å². The number of hydrogen-bond acceptors (Lipinski definition) is 6. The molecule has 4 bridgehead atoms. The monoisotopic (exact) mass is 506 g/mol. The van der Waals surface area contributed by atoms with E-state index in [9.17, 15) is 14.9 Å². The number of amides is 1. The van der Waals surface area contributed by atoms with Crippen LogP contribution in [-0.2, 0) is 21.8 Å². The van der Waals surface area contributed by atoms with Crippen molar-refractivity contribution in [3.8, 4) is 0 Å². The van der Waals surface area contributed by atoms with Gasteiger partial charge in [-0.1, -0.05) is 0 Å². The number of anilines is 1. The first-order chi connectivity index (χ1) is 15.3. The van der Waals surface area contributed by atoms with Gasteiger partial charge < -0.3 is 20.2 Å². The van der Waals surface area contributed by atoms with Gasteiger partial charge in [0.1, 0.15) is 11.2 Å². The second kappa shape index (κ2) is 7.95. The maximum atomic E-state index is 13.0. The molecule has 2 aromatic heterocycles. The fourth-order valence-electron chi connectivity index (χ4n) is 6.82. The summed E-state index contributed by atoms with van der Waals surface area (Å²) in [5.41, 5.74) is 0.326. The zero-order valence-electron chi connectivity index (χ0n) is 18.0. The molecule has 4 aliphatic carbocycles. The van der Waals surface area contributed by atoms with Crippen LogP contribution in [-0.4, -0.2) is 37.0 Å². The molecule has 1 N–H and O–H groups in total. The van der Waals surface area contributed by atoms with Crippen molar-refractivity contribution in [2.24, 2.45) is 17.3 Å². The summed E-state index contributed by atoms with van der Waals surface area (Å²) >= 11 is 3.30. The molecule has 2 heterocycles. The van der Waals surface area contributed by atoms with Crippen molar-refractivity contribution in [1.29, 1.82) is 0 Å². The van der Waals surface area contributed by atoms with E-state index >= 15 is 0 Å². The smallest absolute Gasteiger partial charge is 0.360 e. The highest BCUT2D eigenvalue weighted by Crippen LogP contribution is 2.65. The van der Waals surface area contributed by atoms with E-state index in [1.54, 1.807) is 23.3 Å². The zero-order valence-corrected chi connectivity index (χ0v) is 19.6. The van der Waals surface area contributed by atoms with Crippen LogP contribution in [0.2, 0.25) is 0 Å². The third kappa shape index (κ3) is 3.85. The molecule has 11 heteroatoms. The van der Waals surface area contributed by atoms with Crippen molar-refractivity contribution >= 4 is 33.3 Å². The summed E-state index contributed by atoms with van der Waals surface area (Å²) in [6.45, 7) is 2.88. The van der Waals surface area contributed by atoms with Crippen LogP contribution in [0.5, 0.6) is 0 Å². The highest BCUT2D eigenvalue weighted by molar-refractivity contribution is 9.10. The second-order valence-corrected chi connectivity index (χ2v) is 10.7. The molecule has 10 nitrogen and oxygen atoms in total. The number of halogens is 1. The standard InChI is InChI=1S/C21H27BrN6O4/c1-2-32-13-26-10-16(9-23-26)24-18(29)8-20-4-14-3-15(5-20)7-21(6-14,12-20)27-11-17(22)19(25-27)28(30)31/h9-11,14-15H,2-8,12-13H2,1H3,(H,24,29). The average molecular weight is 507 g/mol. The molecule has 4 fully saturated rings. The van der Waals surface area contributed by atoms with Gasteiger partial charge in [0, 0.05) is 13.0 Å². The van der Waals surface area contributed by atoms with E-state index in [0.717, 1.165) is 32.1 Å². The minimum absolute atomic E-state index is 0.00862. The molecule has 0 radical (unpaired) electrons. The van der Waals surface area contributed by atoms with Gasteiger partial charge in [0.25, 0.3) is 0 Å². The summed E-state index contributed by atoms with van der Waals surface area (Å²) in [6.07, 6.45) is 11.6. The van der Waals surface area contributed by atoms with Crippen molar-refractivity contribution in [1.82, 2.24) is 19.6 Å². The number of nitro groups is 1. The molecule has 0 aliphatic heterocycles. The Morgan fingerprint density at radius 2 is 2.09 bits per heavy atom. The van der Waals surface area contributed by atoms with Crippen LogP contribution in [0, 0.1) is 27.4 Å². The van der Waals surface area contributed by atoms with E-state index in [4.69, 9.17) is 4.74 Å². The van der Waals surface area contributed by atoms with Crippen LogP contribution < -0.4 is 5.32 Å². The van der Waals surface area contributed by atoms with E-state index in [1.807, 2.05) is 11.6 Å². The number of carbonyl (C=O) groups excluding carboxylic acids is 1. The van der Waals surface area contributed by atoms with Gasteiger partial charge in [-0.15, -0.1) is 0 Å². The fourth-order valence-corrected chi connectivity index (χ4v) is 7.23. The Morgan fingerprint density at radius 1 is 1.34 bits per heavy atom. The predicted molar refractivity (Wildman–Crippen MR) is 119 cm³/mol. The Hall–Kier alpha value is -2.27. The van der Waals surface area contributed by atoms with Crippen LogP contribution in [0.3, 0.4) is 0 Å². The van der Waals surface area contributed by atoms with Crippen LogP contribution >= 0.6 is 15.9 Å². The zero-order chi connectivity index (χ0) is 22.5. The van der Waals surface area contributed by atoms with E-state index in [-0.39, 0.29) is 22.7 Å². The largest absolute Gasteiger partial charge is 0.404 e. The Kier molecular flexibility index (Phi) is 5.36. The minimum Gasteiger partial charge on any atom is -0.360 e. The van der Waals surface area contributed by atoms with Crippen molar-refractivity contribution in [3.63, 3.8) is 0 Å². The van der Waals surface area contributed by atoms with Crippen LogP contribution in [0.15, 0.2) is 23.1 Å². The Labute approximate surface area is 194 Å². The minimum atomic E-state index is -0.448. The van der Waals surface area contributed by atoms with Crippen LogP contribution in [0.4, 0.5) is 11.5 Å². The predicted octanol–water partition coefficient (Wildman–Crippen LogP) is 4.07. The summed E-state index contributed by atoms with van der Waals surface area (Å²) < 4.78 is 9.24. The Bertz CT molecular complexity index is 1030. The van der Waals surface area contributed by atoms with E-state index in [2.05, 4.69) is 31.4 Å². The summed E-state index contributed by atoms with van der Waals surface area (Å²) in [5, 5.41) is 22.9. The molecule has 6 rings (SSSR count). The maximum absolute atomic E-state index is 13.0. The molecule has 2 aromatic rings. The quantitative estimate of drug-likeness (QED) is 0.425. The molecule has 172 valence electrons. The third-order valence-corrected chi connectivity index (χ3v) is 7.90. The summed E-state index contributed by atoms with van der Waals surface area (Å²) in [5.74, 6) is 0.905. The second-order valence-electron chi connectivity index (χ2n) is 9.80. The number of ether oxygens (including phenoxy) is 1. The molecule has 32 heavy (non-hydrogen) atoms. The van der Waals surface area contributed by atoms with Crippen molar-refractivity contribution in [3.05, 3.63) is 33.2 Å². The average Bonchev–Trinajstić information content (AvgIpc) is 3.31. The van der Waals surface area contributed by atoms with Gasteiger partial charge in [0.15, 0.2) is 0 Å². The van der Waals surface area contributed by atoms with E-state index < -0.39 is 4.92 Å². The summed E-state index contributed by atoms with van der Waals surface area (Å²) in [6, 6.07) is 0. The Balaban J connectivity index is 1.33. The lowest BCUT2D eigenvalue weighted by molar-refractivity contribution is -0.390. The molecule has 4 saturated carbocycles. The SMILES string of the molecule is CCOCn1cc(NC(=O)CC23CC4CC(C2)CC(n2cc(Br)c([N+](=O)[O-])n2)(C4)C3)cn1. The molecule has 4 aliphatic rings. The summed E-state index contributed by atoms with van der Waals surface area (Å²) in [4.78, 5) is 23.9. The highest BCUT2D eigenvalue weighted by Gasteiger charge is 2.60. The van der Waals surface area contributed by atoms with E-state index in [1.165, 1.54) is 6.42 Å². The van der Waals surface area contributed by atoms with Gasteiger partial charge in [0.2, 0.25) is 5.91 Å². The van der Waals surface area contributed by atoms with Gasteiger partial charge in [-0.2, -0.15) is 9.78 Å². The molecule has 0 spiro atoms. The normalized spacial score (nSPS) is 30.6. The van der Waals surface area contributed by atoms with Gasteiger partial charge in [-0.05, 0) is 83.6 Å². The number of hydrogen-bond donors (Lipinski definition) is 1. The highest BCUT2D eigenvalue weighted by atomic mass is 79.9. The lowest BCUT2D eigenvalue weighted by Crippen LogP contribution is -2.57.